The fraction of sp³-hybridized carbons (Fsp3) is 0.458. The molecule has 1 atom stereocenters. The molecule has 0 radical (unpaired) electrons. The van der Waals surface area contributed by atoms with Crippen LogP contribution in [0.15, 0.2) is 54.6 Å². The van der Waals surface area contributed by atoms with E-state index < -0.39 is 0 Å². The number of hydrogen-bond donors (Lipinski definition) is 0. The van der Waals surface area contributed by atoms with Crippen molar-refractivity contribution in [1.82, 2.24) is 4.90 Å². The summed E-state index contributed by atoms with van der Waals surface area (Å²) < 4.78 is 11.2. The quantitative estimate of drug-likeness (QED) is 0.447. The van der Waals surface area contributed by atoms with E-state index >= 15 is 0 Å². The van der Waals surface area contributed by atoms with Gasteiger partial charge in [0.2, 0.25) is 0 Å². The highest BCUT2D eigenvalue weighted by Gasteiger charge is 2.25. The third-order valence-corrected chi connectivity index (χ3v) is 5.22. The Bertz CT molecular complexity index is 708. The fourth-order valence-electron chi connectivity index (χ4n) is 3.53. The number of benzene rings is 2. The Morgan fingerprint density at radius 2 is 1.75 bits per heavy atom. The third-order valence-electron chi connectivity index (χ3n) is 5.22. The Morgan fingerprint density at radius 1 is 1.04 bits per heavy atom. The van der Waals surface area contributed by atoms with E-state index in [0.29, 0.717) is 0 Å². The number of morpholine rings is 1. The zero-order chi connectivity index (χ0) is 19.6. The monoisotopic (exact) mass is 381 g/mol. The third kappa shape index (κ3) is 5.91. The molecule has 150 valence electrons. The summed E-state index contributed by atoms with van der Waals surface area (Å²) in [6.45, 7) is 6.86. The first-order valence-corrected chi connectivity index (χ1v) is 10.4. The first-order valence-electron chi connectivity index (χ1n) is 10.4. The predicted octanol–water partition coefficient (Wildman–Crippen LogP) is 4.55. The highest BCUT2D eigenvalue weighted by molar-refractivity contribution is 6.01. The van der Waals surface area contributed by atoms with Crippen LogP contribution in [0.25, 0.3) is 0 Å². The minimum atomic E-state index is -0.171. The molecule has 2 aromatic rings. The molecule has 28 heavy (non-hydrogen) atoms. The summed E-state index contributed by atoms with van der Waals surface area (Å²) in [6.07, 6.45) is 3.42. The molecule has 4 nitrogen and oxygen atoms in total. The molecule has 0 N–H and O–H groups in total. The zero-order valence-electron chi connectivity index (χ0n) is 16.8. The van der Waals surface area contributed by atoms with E-state index in [1.807, 2.05) is 54.6 Å². The molecule has 0 saturated carbocycles. The SMILES string of the molecule is CCCCCOc1ccc(C(=O)[C@@H](CN2CCOCC2)c2ccccc2)cc1. The van der Waals surface area contributed by atoms with Crippen LogP contribution in [-0.4, -0.2) is 50.1 Å². The van der Waals surface area contributed by atoms with Crippen molar-refractivity contribution in [1.29, 1.82) is 0 Å². The maximum Gasteiger partial charge on any atom is 0.171 e. The number of hydrogen-bond acceptors (Lipinski definition) is 4. The topological polar surface area (TPSA) is 38.8 Å². The molecule has 3 rings (SSSR count). The molecule has 2 aromatic carbocycles. The van der Waals surface area contributed by atoms with Gasteiger partial charge in [-0.25, -0.2) is 0 Å². The molecule has 1 aliphatic heterocycles. The van der Waals surface area contributed by atoms with E-state index in [1.165, 1.54) is 12.8 Å². The summed E-state index contributed by atoms with van der Waals surface area (Å²) in [5.74, 6) is 0.822. The van der Waals surface area contributed by atoms with Crippen molar-refractivity contribution >= 4 is 5.78 Å². The number of unbranched alkanes of at least 4 members (excludes halogenated alkanes) is 2. The Kier molecular flexibility index (Phi) is 8.07. The van der Waals surface area contributed by atoms with Gasteiger partial charge in [-0.15, -0.1) is 0 Å². The number of ketones is 1. The maximum atomic E-state index is 13.3. The van der Waals surface area contributed by atoms with Crippen LogP contribution in [0.5, 0.6) is 5.75 Å². The van der Waals surface area contributed by atoms with Gasteiger partial charge >= 0.3 is 0 Å². The van der Waals surface area contributed by atoms with Gasteiger partial charge in [-0.05, 0) is 36.2 Å². The van der Waals surface area contributed by atoms with Crippen LogP contribution in [0.2, 0.25) is 0 Å². The predicted molar refractivity (Wildman–Crippen MR) is 112 cm³/mol. The fourth-order valence-corrected chi connectivity index (χ4v) is 3.53. The summed E-state index contributed by atoms with van der Waals surface area (Å²) in [4.78, 5) is 15.7. The molecular formula is C24H31NO3. The van der Waals surface area contributed by atoms with Gasteiger partial charge < -0.3 is 9.47 Å². The van der Waals surface area contributed by atoms with Crippen molar-refractivity contribution in [3.05, 3.63) is 65.7 Å². The molecule has 0 bridgehead atoms. The van der Waals surface area contributed by atoms with Crippen molar-refractivity contribution in [3.8, 4) is 5.75 Å². The summed E-state index contributed by atoms with van der Waals surface area (Å²) in [7, 11) is 0. The lowest BCUT2D eigenvalue weighted by molar-refractivity contribution is 0.0345. The Morgan fingerprint density at radius 3 is 2.43 bits per heavy atom. The molecule has 1 heterocycles. The summed E-state index contributed by atoms with van der Waals surface area (Å²) in [6, 6.07) is 17.7. The van der Waals surface area contributed by atoms with E-state index in [2.05, 4.69) is 11.8 Å². The van der Waals surface area contributed by atoms with Crippen molar-refractivity contribution in [2.75, 3.05) is 39.5 Å². The average Bonchev–Trinajstić information content (AvgIpc) is 2.76. The van der Waals surface area contributed by atoms with Gasteiger partial charge in [0, 0.05) is 25.2 Å². The van der Waals surface area contributed by atoms with Gasteiger partial charge in [0.25, 0.3) is 0 Å². The summed E-state index contributed by atoms with van der Waals surface area (Å²) in [5, 5.41) is 0. The van der Waals surface area contributed by atoms with Crippen LogP contribution < -0.4 is 4.74 Å². The number of carbonyl (C=O) groups excluding carboxylic acids is 1. The second kappa shape index (κ2) is 11.0. The highest BCUT2D eigenvalue weighted by Crippen LogP contribution is 2.24. The van der Waals surface area contributed by atoms with Crippen LogP contribution in [0, 0.1) is 0 Å². The van der Waals surface area contributed by atoms with Crippen molar-refractivity contribution in [2.24, 2.45) is 0 Å². The second-order valence-electron chi connectivity index (χ2n) is 7.32. The minimum absolute atomic E-state index is 0.162. The lowest BCUT2D eigenvalue weighted by atomic mass is 9.90. The maximum absolute atomic E-state index is 13.3. The normalized spacial score (nSPS) is 15.9. The van der Waals surface area contributed by atoms with E-state index in [9.17, 15) is 4.79 Å². The van der Waals surface area contributed by atoms with Gasteiger partial charge in [-0.2, -0.15) is 0 Å². The van der Waals surface area contributed by atoms with Crippen molar-refractivity contribution in [3.63, 3.8) is 0 Å². The number of carbonyl (C=O) groups is 1. The average molecular weight is 382 g/mol. The Hall–Kier alpha value is -2.17. The minimum Gasteiger partial charge on any atom is -0.494 e. The van der Waals surface area contributed by atoms with E-state index in [4.69, 9.17) is 9.47 Å². The number of rotatable bonds is 10. The van der Waals surface area contributed by atoms with E-state index in [0.717, 1.165) is 62.8 Å². The molecule has 1 saturated heterocycles. The van der Waals surface area contributed by atoms with Gasteiger partial charge in [0.15, 0.2) is 5.78 Å². The van der Waals surface area contributed by atoms with Gasteiger partial charge in [-0.3, -0.25) is 9.69 Å². The molecule has 0 aliphatic carbocycles. The summed E-state index contributed by atoms with van der Waals surface area (Å²) >= 11 is 0. The lowest BCUT2D eigenvalue weighted by Crippen LogP contribution is -2.40. The van der Waals surface area contributed by atoms with Crippen molar-refractivity contribution in [2.45, 2.75) is 32.1 Å². The molecular weight excluding hydrogens is 350 g/mol. The lowest BCUT2D eigenvalue weighted by Gasteiger charge is -2.30. The Labute approximate surface area is 168 Å². The van der Waals surface area contributed by atoms with Gasteiger partial charge in [-0.1, -0.05) is 50.1 Å². The largest absolute Gasteiger partial charge is 0.494 e. The van der Waals surface area contributed by atoms with Crippen molar-refractivity contribution < 1.29 is 14.3 Å². The zero-order valence-corrected chi connectivity index (χ0v) is 16.8. The smallest absolute Gasteiger partial charge is 0.171 e. The van der Waals surface area contributed by atoms with Crippen LogP contribution in [0.4, 0.5) is 0 Å². The molecule has 1 aliphatic rings. The standard InChI is InChI=1S/C24H31NO3/c1-2-3-7-16-28-22-12-10-21(11-13-22)24(26)23(20-8-5-4-6-9-20)19-25-14-17-27-18-15-25/h4-6,8-13,23H,2-3,7,14-19H2,1H3/t23-/m0/s1. The molecule has 0 spiro atoms. The number of nitrogens with zero attached hydrogens (tertiary/aromatic N) is 1. The number of Topliss-reactive ketones (excluding diaryl/α,β-unsaturated/α-hetero) is 1. The van der Waals surface area contributed by atoms with Crippen LogP contribution in [-0.2, 0) is 4.74 Å². The molecule has 1 fully saturated rings. The molecule has 0 amide bonds. The van der Waals surface area contributed by atoms with Crippen LogP contribution >= 0.6 is 0 Å². The van der Waals surface area contributed by atoms with Gasteiger partial charge in [0.05, 0.1) is 25.7 Å². The number of ether oxygens (including phenoxy) is 2. The van der Waals surface area contributed by atoms with E-state index in [-0.39, 0.29) is 11.7 Å². The first-order chi connectivity index (χ1) is 13.8. The molecule has 4 heteroatoms. The van der Waals surface area contributed by atoms with Crippen LogP contribution in [0.3, 0.4) is 0 Å². The second-order valence-corrected chi connectivity index (χ2v) is 7.32. The van der Waals surface area contributed by atoms with Crippen LogP contribution in [0.1, 0.15) is 48.0 Å². The first kappa shape index (κ1) is 20.6. The Balaban J connectivity index is 1.69. The highest BCUT2D eigenvalue weighted by atomic mass is 16.5. The van der Waals surface area contributed by atoms with Gasteiger partial charge in [0.1, 0.15) is 5.75 Å². The molecule has 0 aromatic heterocycles. The van der Waals surface area contributed by atoms with E-state index in [1.54, 1.807) is 0 Å². The molecule has 0 unspecified atom stereocenters. The summed E-state index contributed by atoms with van der Waals surface area (Å²) in [5.41, 5.74) is 1.81.